The predicted molar refractivity (Wildman–Crippen MR) is 151 cm³/mol. The van der Waals surface area contributed by atoms with Crippen molar-refractivity contribution in [3.8, 4) is 17.2 Å². The molecule has 37 heavy (non-hydrogen) atoms. The first-order valence-electron chi connectivity index (χ1n) is 11.1. The number of carbonyl (C=O) groups is 3. The van der Waals surface area contributed by atoms with E-state index in [2.05, 4.69) is 22.6 Å². The molecular weight excluding hydrogens is 629 g/mol. The first-order chi connectivity index (χ1) is 17.8. The van der Waals surface area contributed by atoms with E-state index < -0.39 is 11.9 Å². The number of hydrogen-bond acceptors (Lipinski definition) is 7. The van der Waals surface area contributed by atoms with Crippen LogP contribution in [-0.2, 0) is 11.3 Å². The van der Waals surface area contributed by atoms with Gasteiger partial charge in [-0.3, -0.25) is 14.5 Å². The van der Waals surface area contributed by atoms with Gasteiger partial charge in [-0.1, -0.05) is 23.7 Å². The lowest BCUT2D eigenvalue weighted by atomic mass is 10.1. The number of hydrogen-bond donors (Lipinski definition) is 0. The average Bonchev–Trinajstić information content (AvgIpc) is 3.14. The summed E-state index contributed by atoms with van der Waals surface area (Å²) in [4.78, 5) is 39.7. The van der Waals surface area contributed by atoms with Gasteiger partial charge in [-0.2, -0.15) is 0 Å². The molecule has 0 aliphatic carbocycles. The summed E-state index contributed by atoms with van der Waals surface area (Å²) in [7, 11) is 1.53. The smallest absolute Gasteiger partial charge is 0.343 e. The summed E-state index contributed by atoms with van der Waals surface area (Å²) in [6, 6.07) is 17.2. The number of ether oxygens (including phenoxy) is 3. The molecule has 0 spiro atoms. The van der Waals surface area contributed by atoms with Crippen LogP contribution in [0.2, 0.25) is 5.02 Å². The lowest BCUT2D eigenvalue weighted by molar-refractivity contribution is -0.123. The maximum absolute atomic E-state index is 13.0. The standard InChI is InChI=1S/C27H21ClINO6S/c1-3-35-22-13-17(12-21(28)24(22)36-26(32)18-6-10-20(34-2)11-7-18)14-23-25(31)30(27(33)37-23)15-16-4-8-19(29)9-5-16/h4-14H,3,15H2,1-2H3/b23-14-. The number of imide groups is 1. The summed E-state index contributed by atoms with van der Waals surface area (Å²) >= 11 is 9.53. The minimum absolute atomic E-state index is 0.0632. The van der Waals surface area contributed by atoms with Gasteiger partial charge in [0.25, 0.3) is 11.1 Å². The second kappa shape index (κ2) is 12.0. The Balaban J connectivity index is 1.56. The number of esters is 1. The van der Waals surface area contributed by atoms with Gasteiger partial charge in [0.05, 0.1) is 35.8 Å². The van der Waals surface area contributed by atoms with E-state index in [-0.39, 0.29) is 33.2 Å². The van der Waals surface area contributed by atoms with Crippen LogP contribution < -0.4 is 14.2 Å². The molecule has 0 unspecified atom stereocenters. The van der Waals surface area contributed by atoms with E-state index in [0.29, 0.717) is 23.5 Å². The Labute approximate surface area is 236 Å². The molecule has 190 valence electrons. The second-order valence-corrected chi connectivity index (χ2v) is 10.4. The van der Waals surface area contributed by atoms with Crippen LogP contribution in [0.1, 0.15) is 28.4 Å². The maximum atomic E-state index is 13.0. The van der Waals surface area contributed by atoms with Crippen molar-refractivity contribution in [2.75, 3.05) is 13.7 Å². The molecule has 0 bridgehead atoms. The second-order valence-electron chi connectivity index (χ2n) is 7.78. The largest absolute Gasteiger partial charge is 0.497 e. The highest BCUT2D eigenvalue weighted by molar-refractivity contribution is 14.1. The van der Waals surface area contributed by atoms with Gasteiger partial charge in [0.15, 0.2) is 11.5 Å². The average molecular weight is 650 g/mol. The van der Waals surface area contributed by atoms with Gasteiger partial charge in [-0.25, -0.2) is 4.79 Å². The Kier molecular flexibility index (Phi) is 8.78. The van der Waals surface area contributed by atoms with E-state index >= 15 is 0 Å². The van der Waals surface area contributed by atoms with Crippen LogP contribution in [0.4, 0.5) is 4.79 Å². The predicted octanol–water partition coefficient (Wildman–Crippen LogP) is 6.81. The molecule has 1 saturated heterocycles. The fourth-order valence-corrected chi connectivity index (χ4v) is 4.93. The maximum Gasteiger partial charge on any atom is 0.343 e. The number of thioether (sulfide) groups is 1. The lowest BCUT2D eigenvalue weighted by Crippen LogP contribution is -2.27. The van der Waals surface area contributed by atoms with Crippen LogP contribution in [0.15, 0.2) is 65.6 Å². The van der Waals surface area contributed by atoms with E-state index in [4.69, 9.17) is 25.8 Å². The van der Waals surface area contributed by atoms with Crippen LogP contribution in [0, 0.1) is 3.57 Å². The molecule has 4 rings (SSSR count). The van der Waals surface area contributed by atoms with Crippen molar-refractivity contribution >= 4 is 69.1 Å². The fourth-order valence-electron chi connectivity index (χ4n) is 3.47. The Morgan fingerprint density at radius 2 is 1.78 bits per heavy atom. The molecule has 1 heterocycles. The van der Waals surface area contributed by atoms with Crippen molar-refractivity contribution in [1.29, 1.82) is 0 Å². The van der Waals surface area contributed by atoms with Crippen LogP contribution in [0.3, 0.4) is 0 Å². The van der Waals surface area contributed by atoms with Crippen molar-refractivity contribution in [3.63, 3.8) is 0 Å². The molecule has 0 atom stereocenters. The molecule has 2 amide bonds. The molecule has 10 heteroatoms. The van der Waals surface area contributed by atoms with Gasteiger partial charge >= 0.3 is 5.97 Å². The van der Waals surface area contributed by atoms with Gasteiger partial charge in [0.1, 0.15) is 5.75 Å². The van der Waals surface area contributed by atoms with Crippen LogP contribution in [0.25, 0.3) is 6.08 Å². The molecule has 1 aliphatic heterocycles. The number of carbonyl (C=O) groups excluding carboxylic acids is 3. The monoisotopic (exact) mass is 649 g/mol. The summed E-state index contributed by atoms with van der Waals surface area (Å²) in [5, 5.41) is -0.229. The van der Waals surface area contributed by atoms with Gasteiger partial charge < -0.3 is 14.2 Å². The summed E-state index contributed by atoms with van der Waals surface area (Å²) in [6.45, 7) is 2.26. The highest BCUT2D eigenvalue weighted by Crippen LogP contribution is 2.40. The Hall–Kier alpha value is -3.02. The first kappa shape index (κ1) is 27.0. The van der Waals surface area contributed by atoms with Gasteiger partial charge in [-0.15, -0.1) is 0 Å². The van der Waals surface area contributed by atoms with Crippen molar-refractivity contribution in [2.45, 2.75) is 13.5 Å². The highest BCUT2D eigenvalue weighted by Gasteiger charge is 2.35. The normalized spacial score (nSPS) is 14.3. The molecule has 3 aromatic rings. The fraction of sp³-hybridized carbons (Fsp3) is 0.148. The summed E-state index contributed by atoms with van der Waals surface area (Å²) in [5.74, 6) is -0.0981. The quantitative estimate of drug-likeness (QED) is 0.115. The molecule has 1 aliphatic rings. The summed E-state index contributed by atoms with van der Waals surface area (Å²) in [6.07, 6.45) is 1.57. The topological polar surface area (TPSA) is 82.1 Å². The highest BCUT2D eigenvalue weighted by atomic mass is 127. The van der Waals surface area contributed by atoms with Gasteiger partial charge in [-0.05, 0) is 107 Å². The van der Waals surface area contributed by atoms with Crippen molar-refractivity contribution in [3.05, 3.63) is 90.9 Å². The van der Waals surface area contributed by atoms with E-state index in [1.165, 1.54) is 12.0 Å². The molecule has 0 saturated carbocycles. The van der Waals surface area contributed by atoms with Crippen LogP contribution in [-0.4, -0.2) is 35.7 Å². The first-order valence-corrected chi connectivity index (χ1v) is 13.4. The lowest BCUT2D eigenvalue weighted by Gasteiger charge is -2.14. The van der Waals surface area contributed by atoms with Crippen molar-refractivity contribution in [2.24, 2.45) is 0 Å². The molecule has 0 aromatic heterocycles. The van der Waals surface area contributed by atoms with E-state index in [1.54, 1.807) is 49.4 Å². The zero-order valence-electron chi connectivity index (χ0n) is 19.8. The number of nitrogens with zero attached hydrogens (tertiary/aromatic N) is 1. The molecular formula is C27H21ClINO6S. The van der Waals surface area contributed by atoms with Gasteiger partial charge in [0.2, 0.25) is 0 Å². The Bertz CT molecular complexity index is 1370. The number of amides is 2. The van der Waals surface area contributed by atoms with E-state index in [1.807, 2.05) is 24.3 Å². The zero-order chi connectivity index (χ0) is 26.5. The van der Waals surface area contributed by atoms with E-state index in [0.717, 1.165) is 20.9 Å². The SMILES string of the molecule is CCOc1cc(/C=C2\SC(=O)N(Cc3ccc(I)cc3)C2=O)cc(Cl)c1OC(=O)c1ccc(OC)cc1. The van der Waals surface area contributed by atoms with E-state index in [9.17, 15) is 14.4 Å². The third kappa shape index (κ3) is 6.46. The number of methoxy groups -OCH3 is 1. The van der Waals surface area contributed by atoms with Crippen LogP contribution in [0.5, 0.6) is 17.2 Å². The molecule has 3 aromatic carbocycles. The minimum Gasteiger partial charge on any atom is -0.497 e. The summed E-state index contributed by atoms with van der Waals surface area (Å²) in [5.41, 5.74) is 1.69. The Morgan fingerprint density at radius 1 is 1.08 bits per heavy atom. The van der Waals surface area contributed by atoms with Crippen LogP contribution >= 0.6 is 46.0 Å². The Morgan fingerprint density at radius 3 is 2.43 bits per heavy atom. The third-order valence-electron chi connectivity index (χ3n) is 5.28. The minimum atomic E-state index is -0.616. The zero-order valence-corrected chi connectivity index (χ0v) is 23.6. The number of benzene rings is 3. The van der Waals surface area contributed by atoms with Gasteiger partial charge in [0, 0.05) is 3.57 Å². The molecule has 0 N–H and O–H groups in total. The molecule has 1 fully saturated rings. The third-order valence-corrected chi connectivity index (χ3v) is 7.18. The number of rotatable bonds is 8. The summed E-state index contributed by atoms with van der Waals surface area (Å²) < 4.78 is 17.4. The molecule has 0 radical (unpaired) electrons. The molecule has 7 nitrogen and oxygen atoms in total. The van der Waals surface area contributed by atoms with Crippen molar-refractivity contribution in [1.82, 2.24) is 4.90 Å². The number of halogens is 2. The van der Waals surface area contributed by atoms with Crippen molar-refractivity contribution < 1.29 is 28.6 Å².